The van der Waals surface area contributed by atoms with Crippen molar-refractivity contribution in [2.75, 3.05) is 0 Å². The first-order chi connectivity index (χ1) is 9.06. The summed E-state index contributed by atoms with van der Waals surface area (Å²) < 4.78 is 43.3. The second-order valence-electron chi connectivity index (χ2n) is 5.94. The summed E-state index contributed by atoms with van der Waals surface area (Å²) in [5, 5.41) is 0. The van der Waals surface area contributed by atoms with E-state index in [1.165, 1.54) is 11.0 Å². The van der Waals surface area contributed by atoms with Crippen molar-refractivity contribution in [1.82, 2.24) is 4.90 Å². The van der Waals surface area contributed by atoms with E-state index in [4.69, 9.17) is 4.74 Å². The van der Waals surface area contributed by atoms with E-state index in [1.54, 1.807) is 20.8 Å². The number of hydrogen-bond donors (Lipinski definition) is 0. The molecule has 0 radical (unpaired) electrons. The van der Waals surface area contributed by atoms with Crippen LogP contribution in [0, 0.1) is 0 Å². The van der Waals surface area contributed by atoms with Gasteiger partial charge in [-0.3, -0.25) is 4.90 Å². The molecule has 1 aliphatic rings. The molecule has 0 atom stereocenters. The normalized spacial score (nSPS) is 14.5. The Morgan fingerprint density at radius 2 is 1.76 bits per heavy atom. The number of rotatable bonds is 1. The molecular formula is C13H16BF3KNO2. The SMILES string of the molecule is CC(C)(C)OC(=O)N1Cc2ccc([B-](F)(F)F)cc2C1.[K+]. The van der Waals surface area contributed by atoms with Gasteiger partial charge in [0.25, 0.3) is 0 Å². The van der Waals surface area contributed by atoms with Crippen molar-refractivity contribution in [3.05, 3.63) is 29.3 Å². The molecule has 21 heavy (non-hydrogen) atoms. The predicted molar refractivity (Wildman–Crippen MR) is 70.6 cm³/mol. The number of fused-ring (bicyclic) bond motifs is 1. The molecule has 1 aromatic carbocycles. The molecule has 1 aromatic rings. The fraction of sp³-hybridized carbons (Fsp3) is 0.462. The quantitative estimate of drug-likeness (QED) is 0.680. The molecule has 0 bridgehead atoms. The van der Waals surface area contributed by atoms with Crippen LogP contribution in [0.3, 0.4) is 0 Å². The van der Waals surface area contributed by atoms with Crippen LogP contribution in [0.1, 0.15) is 31.9 Å². The van der Waals surface area contributed by atoms with Crippen LogP contribution < -0.4 is 56.8 Å². The van der Waals surface area contributed by atoms with Crippen molar-refractivity contribution in [3.63, 3.8) is 0 Å². The Balaban J connectivity index is 0.00000220. The van der Waals surface area contributed by atoms with Crippen LogP contribution in [-0.4, -0.2) is 23.6 Å². The number of halogens is 3. The molecule has 0 aromatic heterocycles. The summed E-state index contributed by atoms with van der Waals surface area (Å²) in [5.41, 5.74) is 0.0218. The van der Waals surface area contributed by atoms with E-state index in [9.17, 15) is 17.7 Å². The van der Waals surface area contributed by atoms with Gasteiger partial charge in [0.05, 0.1) is 0 Å². The van der Waals surface area contributed by atoms with Gasteiger partial charge in [-0.25, -0.2) is 4.79 Å². The minimum atomic E-state index is -5.01. The molecule has 1 heterocycles. The smallest absolute Gasteiger partial charge is 0.445 e. The summed E-state index contributed by atoms with van der Waals surface area (Å²) in [7, 11) is 0. The van der Waals surface area contributed by atoms with Gasteiger partial charge in [0.2, 0.25) is 0 Å². The standard InChI is InChI=1S/C13H16BF3NO2.K/c1-13(2,3)20-12(19)18-7-9-4-5-11(14(15,16)17)6-10(9)8-18;/h4-6H,7-8H2,1-3H3;/q-1;+1. The number of carbonyl (C=O) groups is 1. The van der Waals surface area contributed by atoms with Gasteiger partial charge in [0.15, 0.2) is 0 Å². The second kappa shape index (κ2) is 6.62. The number of amides is 1. The first-order valence-corrected chi connectivity index (χ1v) is 6.36. The van der Waals surface area contributed by atoms with E-state index in [0.717, 1.165) is 17.7 Å². The maximum atomic E-state index is 12.7. The third-order valence-electron chi connectivity index (χ3n) is 2.98. The third kappa shape index (κ3) is 4.99. The molecule has 0 saturated carbocycles. The number of ether oxygens (including phenoxy) is 1. The van der Waals surface area contributed by atoms with Crippen molar-refractivity contribution < 1.29 is 73.9 Å². The molecule has 1 amide bonds. The average Bonchev–Trinajstić information content (AvgIpc) is 2.67. The van der Waals surface area contributed by atoms with Crippen LogP contribution in [0.5, 0.6) is 0 Å². The van der Waals surface area contributed by atoms with Gasteiger partial charge in [-0.1, -0.05) is 18.2 Å². The van der Waals surface area contributed by atoms with E-state index in [2.05, 4.69) is 0 Å². The summed E-state index contributed by atoms with van der Waals surface area (Å²) in [4.78, 5) is 13.3. The molecule has 2 rings (SSSR count). The molecule has 3 nitrogen and oxygen atoms in total. The summed E-state index contributed by atoms with van der Waals surface area (Å²) >= 11 is 0. The molecule has 0 fully saturated rings. The Labute approximate surface area is 164 Å². The summed E-state index contributed by atoms with van der Waals surface area (Å²) in [5.74, 6) is 0. The summed E-state index contributed by atoms with van der Waals surface area (Å²) in [6, 6.07) is 3.63. The zero-order valence-corrected chi connectivity index (χ0v) is 15.7. The Hall–Kier alpha value is -0.0187. The largest absolute Gasteiger partial charge is 1.00 e. The summed E-state index contributed by atoms with van der Waals surface area (Å²) in [6.45, 7) is 0.678. The Morgan fingerprint density at radius 1 is 1.19 bits per heavy atom. The molecule has 0 spiro atoms. The third-order valence-corrected chi connectivity index (χ3v) is 2.98. The topological polar surface area (TPSA) is 29.5 Å². The van der Waals surface area contributed by atoms with Crippen LogP contribution in [0.25, 0.3) is 0 Å². The zero-order valence-electron chi connectivity index (χ0n) is 12.6. The fourth-order valence-electron chi connectivity index (χ4n) is 2.07. The van der Waals surface area contributed by atoms with Crippen LogP contribution in [0.4, 0.5) is 17.7 Å². The van der Waals surface area contributed by atoms with Gasteiger partial charge in [0, 0.05) is 13.1 Å². The van der Waals surface area contributed by atoms with Crippen molar-refractivity contribution >= 4 is 18.5 Å². The van der Waals surface area contributed by atoms with Gasteiger partial charge in [-0.05, 0) is 31.9 Å². The van der Waals surface area contributed by atoms with Crippen molar-refractivity contribution in [2.45, 2.75) is 39.5 Å². The van der Waals surface area contributed by atoms with Crippen LogP contribution in [-0.2, 0) is 17.8 Å². The van der Waals surface area contributed by atoms with Crippen molar-refractivity contribution in [1.29, 1.82) is 0 Å². The maximum Gasteiger partial charge on any atom is 1.00 e. The molecule has 8 heteroatoms. The van der Waals surface area contributed by atoms with Crippen LogP contribution >= 0.6 is 0 Å². The number of hydrogen-bond acceptors (Lipinski definition) is 2. The first-order valence-electron chi connectivity index (χ1n) is 6.36. The number of nitrogens with zero attached hydrogens (tertiary/aromatic N) is 1. The van der Waals surface area contributed by atoms with Crippen LogP contribution in [0.15, 0.2) is 18.2 Å². The minimum absolute atomic E-state index is 0. The number of carbonyl (C=O) groups excluding carboxylic acids is 1. The van der Waals surface area contributed by atoms with E-state index < -0.39 is 24.1 Å². The predicted octanol–water partition coefficient (Wildman–Crippen LogP) is -0.00430. The molecule has 0 saturated heterocycles. The average molecular weight is 325 g/mol. The zero-order chi connectivity index (χ0) is 15.1. The monoisotopic (exact) mass is 325 g/mol. The van der Waals surface area contributed by atoms with E-state index in [0.29, 0.717) is 5.56 Å². The molecule has 0 N–H and O–H groups in total. The van der Waals surface area contributed by atoms with Gasteiger partial charge in [-0.15, -0.1) is 5.46 Å². The minimum Gasteiger partial charge on any atom is -0.445 e. The first kappa shape index (κ1) is 19.0. The number of benzene rings is 1. The molecule has 0 unspecified atom stereocenters. The Bertz CT molecular complexity index is 543. The fourth-order valence-corrected chi connectivity index (χ4v) is 2.07. The van der Waals surface area contributed by atoms with E-state index in [-0.39, 0.29) is 64.5 Å². The van der Waals surface area contributed by atoms with Gasteiger partial charge in [-0.2, -0.15) is 0 Å². The van der Waals surface area contributed by atoms with Crippen molar-refractivity contribution in [3.8, 4) is 0 Å². The summed E-state index contributed by atoms with van der Waals surface area (Å²) in [6.07, 6.45) is -0.507. The molecule has 1 aliphatic heterocycles. The van der Waals surface area contributed by atoms with Gasteiger partial charge >= 0.3 is 64.5 Å². The van der Waals surface area contributed by atoms with E-state index >= 15 is 0 Å². The van der Waals surface area contributed by atoms with Gasteiger partial charge in [0.1, 0.15) is 5.60 Å². The Kier molecular flexibility index (Phi) is 6.00. The maximum absolute atomic E-state index is 12.7. The van der Waals surface area contributed by atoms with Gasteiger partial charge < -0.3 is 17.7 Å². The molecule has 0 aliphatic carbocycles. The van der Waals surface area contributed by atoms with E-state index in [1.807, 2.05) is 0 Å². The second-order valence-corrected chi connectivity index (χ2v) is 5.94. The van der Waals surface area contributed by atoms with Crippen molar-refractivity contribution in [2.24, 2.45) is 0 Å². The molecular weight excluding hydrogens is 309 g/mol. The van der Waals surface area contributed by atoms with Crippen LogP contribution in [0.2, 0.25) is 0 Å². The molecule has 110 valence electrons. The Morgan fingerprint density at radius 3 is 2.29 bits per heavy atom.